The van der Waals surface area contributed by atoms with Crippen LogP contribution in [-0.2, 0) is 16.1 Å². The molecule has 21 heavy (non-hydrogen) atoms. The molecule has 0 radical (unpaired) electrons. The lowest BCUT2D eigenvalue weighted by molar-refractivity contribution is -0.114. The first-order valence-corrected chi connectivity index (χ1v) is 7.23. The number of anilines is 1. The third kappa shape index (κ3) is 10.3. The number of benzene rings is 1. The summed E-state index contributed by atoms with van der Waals surface area (Å²) in [7, 11) is 0. The molecule has 4 nitrogen and oxygen atoms in total. The topological polar surface area (TPSA) is 50.4 Å². The van der Waals surface area contributed by atoms with E-state index in [9.17, 15) is 4.79 Å². The summed E-state index contributed by atoms with van der Waals surface area (Å²) in [4.78, 5) is 10.9. The second kappa shape index (κ2) is 11.5. The Labute approximate surface area is 134 Å². The molecule has 0 fully saturated rings. The minimum absolute atomic E-state index is 0. The Hall–Kier alpha value is -1.10. The normalized spacial score (nSPS) is 10.3. The second-order valence-corrected chi connectivity index (χ2v) is 5.35. The van der Waals surface area contributed by atoms with Crippen molar-refractivity contribution < 1.29 is 9.53 Å². The van der Waals surface area contributed by atoms with Gasteiger partial charge in [0.15, 0.2) is 0 Å². The van der Waals surface area contributed by atoms with E-state index in [1.165, 1.54) is 12.5 Å². The van der Waals surface area contributed by atoms with Crippen molar-refractivity contribution in [3.05, 3.63) is 29.8 Å². The van der Waals surface area contributed by atoms with E-state index < -0.39 is 0 Å². The van der Waals surface area contributed by atoms with Gasteiger partial charge >= 0.3 is 0 Å². The van der Waals surface area contributed by atoms with Crippen LogP contribution in [0.3, 0.4) is 0 Å². The van der Waals surface area contributed by atoms with Crippen LogP contribution in [-0.4, -0.2) is 25.7 Å². The van der Waals surface area contributed by atoms with Gasteiger partial charge in [-0.1, -0.05) is 26.0 Å². The molecule has 0 heterocycles. The molecule has 0 aliphatic heterocycles. The van der Waals surface area contributed by atoms with Crippen molar-refractivity contribution in [1.29, 1.82) is 0 Å². The average Bonchev–Trinajstić information content (AvgIpc) is 2.38. The minimum atomic E-state index is -0.0468. The Morgan fingerprint density at radius 2 is 1.86 bits per heavy atom. The quantitative estimate of drug-likeness (QED) is 0.688. The third-order valence-electron chi connectivity index (χ3n) is 2.87. The van der Waals surface area contributed by atoms with Crippen LogP contribution in [0.5, 0.6) is 0 Å². The standard InChI is InChI=1S/C16H26N2O2.ClH/c1-13(2)8-10-20-11-9-17-12-15-4-6-16(7-5-15)18-14(3)19;/h4-7,13,17H,8-12H2,1-3H3,(H,18,19);1H. The number of amides is 1. The molecule has 0 unspecified atom stereocenters. The molecule has 1 rings (SSSR count). The SMILES string of the molecule is CC(=O)Nc1ccc(CNCCOCCC(C)C)cc1.Cl. The fraction of sp³-hybridized carbons (Fsp3) is 0.562. The Morgan fingerprint density at radius 1 is 1.19 bits per heavy atom. The van der Waals surface area contributed by atoms with Gasteiger partial charge in [-0.2, -0.15) is 0 Å². The molecule has 0 bridgehead atoms. The van der Waals surface area contributed by atoms with Crippen molar-refractivity contribution in [1.82, 2.24) is 5.32 Å². The maximum atomic E-state index is 10.9. The lowest BCUT2D eigenvalue weighted by Crippen LogP contribution is -2.19. The summed E-state index contributed by atoms with van der Waals surface area (Å²) in [5.41, 5.74) is 2.03. The molecule has 1 amide bonds. The molecule has 0 aliphatic carbocycles. The molecule has 1 aromatic rings. The van der Waals surface area contributed by atoms with Crippen LogP contribution >= 0.6 is 12.4 Å². The summed E-state index contributed by atoms with van der Waals surface area (Å²) < 4.78 is 5.54. The van der Waals surface area contributed by atoms with Crippen LogP contribution in [0.1, 0.15) is 32.8 Å². The van der Waals surface area contributed by atoms with E-state index in [1.807, 2.05) is 24.3 Å². The number of nitrogens with one attached hydrogen (secondary N) is 2. The Kier molecular flexibility index (Phi) is 10.9. The first-order chi connectivity index (χ1) is 9.58. The summed E-state index contributed by atoms with van der Waals surface area (Å²) >= 11 is 0. The number of ether oxygens (including phenoxy) is 1. The number of rotatable bonds is 9. The highest BCUT2D eigenvalue weighted by Gasteiger charge is 1.97. The molecule has 0 atom stereocenters. The molecule has 0 aromatic heterocycles. The molecule has 0 aliphatic rings. The first kappa shape index (κ1) is 19.9. The Balaban J connectivity index is 0.00000400. The number of carbonyl (C=O) groups excluding carboxylic acids is 1. The summed E-state index contributed by atoms with van der Waals surface area (Å²) in [5.74, 6) is 0.652. The van der Waals surface area contributed by atoms with Crippen molar-refractivity contribution in [2.75, 3.05) is 25.1 Å². The number of hydrogen-bond acceptors (Lipinski definition) is 3. The van der Waals surface area contributed by atoms with E-state index in [1.54, 1.807) is 0 Å². The van der Waals surface area contributed by atoms with Gasteiger partial charge in [0.1, 0.15) is 0 Å². The molecule has 5 heteroatoms. The molecular weight excluding hydrogens is 288 g/mol. The highest BCUT2D eigenvalue weighted by Crippen LogP contribution is 2.09. The molecule has 120 valence electrons. The third-order valence-corrected chi connectivity index (χ3v) is 2.87. The average molecular weight is 315 g/mol. The van der Waals surface area contributed by atoms with Gasteiger partial charge < -0.3 is 15.4 Å². The number of carbonyl (C=O) groups is 1. The van der Waals surface area contributed by atoms with Gasteiger partial charge in [0.05, 0.1) is 6.61 Å². The van der Waals surface area contributed by atoms with Gasteiger partial charge in [-0.25, -0.2) is 0 Å². The van der Waals surface area contributed by atoms with Gasteiger partial charge in [-0.3, -0.25) is 4.79 Å². The summed E-state index contributed by atoms with van der Waals surface area (Å²) in [6, 6.07) is 7.85. The van der Waals surface area contributed by atoms with Crippen LogP contribution in [0.2, 0.25) is 0 Å². The largest absolute Gasteiger partial charge is 0.380 e. The van der Waals surface area contributed by atoms with Crippen molar-refractivity contribution >= 4 is 24.0 Å². The zero-order chi connectivity index (χ0) is 14.8. The van der Waals surface area contributed by atoms with Gasteiger partial charge in [-0.05, 0) is 30.0 Å². The maximum absolute atomic E-state index is 10.9. The van der Waals surface area contributed by atoms with Crippen molar-refractivity contribution in [2.24, 2.45) is 5.92 Å². The van der Waals surface area contributed by atoms with E-state index in [-0.39, 0.29) is 18.3 Å². The van der Waals surface area contributed by atoms with Gasteiger partial charge in [0.2, 0.25) is 5.91 Å². The lowest BCUT2D eigenvalue weighted by atomic mass is 10.1. The van der Waals surface area contributed by atoms with E-state index in [4.69, 9.17) is 4.74 Å². The van der Waals surface area contributed by atoms with Crippen molar-refractivity contribution in [3.63, 3.8) is 0 Å². The Morgan fingerprint density at radius 3 is 2.43 bits per heavy atom. The van der Waals surface area contributed by atoms with Gasteiger partial charge in [0, 0.05) is 32.3 Å². The number of hydrogen-bond donors (Lipinski definition) is 2. The van der Waals surface area contributed by atoms with Crippen LogP contribution in [0.25, 0.3) is 0 Å². The fourth-order valence-electron chi connectivity index (χ4n) is 1.71. The van der Waals surface area contributed by atoms with E-state index in [0.29, 0.717) is 5.92 Å². The predicted molar refractivity (Wildman–Crippen MR) is 90.0 cm³/mol. The lowest BCUT2D eigenvalue weighted by Gasteiger charge is -2.08. The predicted octanol–water partition coefficient (Wildman–Crippen LogP) is 3.22. The van der Waals surface area contributed by atoms with Crippen LogP contribution in [0.4, 0.5) is 5.69 Å². The summed E-state index contributed by atoms with van der Waals surface area (Å²) in [6.07, 6.45) is 1.12. The highest BCUT2D eigenvalue weighted by molar-refractivity contribution is 5.88. The molecule has 0 saturated heterocycles. The fourth-order valence-corrected chi connectivity index (χ4v) is 1.71. The van der Waals surface area contributed by atoms with E-state index in [0.717, 1.165) is 38.4 Å². The number of halogens is 1. The van der Waals surface area contributed by atoms with Gasteiger partial charge in [0.25, 0.3) is 0 Å². The monoisotopic (exact) mass is 314 g/mol. The molecule has 1 aromatic carbocycles. The van der Waals surface area contributed by atoms with Crippen LogP contribution < -0.4 is 10.6 Å². The van der Waals surface area contributed by atoms with Crippen LogP contribution in [0, 0.1) is 5.92 Å². The molecule has 0 spiro atoms. The van der Waals surface area contributed by atoms with Crippen molar-refractivity contribution in [3.8, 4) is 0 Å². The zero-order valence-electron chi connectivity index (χ0n) is 13.1. The first-order valence-electron chi connectivity index (χ1n) is 7.23. The summed E-state index contributed by atoms with van der Waals surface area (Å²) in [6.45, 7) is 9.16. The Bertz CT molecular complexity index is 394. The van der Waals surface area contributed by atoms with Crippen LogP contribution in [0.15, 0.2) is 24.3 Å². The zero-order valence-corrected chi connectivity index (χ0v) is 14.0. The molecular formula is C16H27ClN2O2. The summed E-state index contributed by atoms with van der Waals surface area (Å²) in [5, 5.41) is 6.09. The smallest absolute Gasteiger partial charge is 0.221 e. The highest BCUT2D eigenvalue weighted by atomic mass is 35.5. The maximum Gasteiger partial charge on any atom is 0.221 e. The molecule has 0 saturated carbocycles. The van der Waals surface area contributed by atoms with Crippen molar-refractivity contribution in [2.45, 2.75) is 33.7 Å². The second-order valence-electron chi connectivity index (χ2n) is 5.35. The van der Waals surface area contributed by atoms with E-state index in [2.05, 4.69) is 24.5 Å². The van der Waals surface area contributed by atoms with Gasteiger partial charge in [-0.15, -0.1) is 12.4 Å². The molecule has 2 N–H and O–H groups in total. The minimum Gasteiger partial charge on any atom is -0.380 e. The van der Waals surface area contributed by atoms with E-state index >= 15 is 0 Å².